The minimum Gasteiger partial charge on any atom is -0.355 e. The molecule has 2 rings (SSSR count). The molecule has 2 aromatic carbocycles. The molecular formula is C18H22N2O. The standard InChI is InChI=1S/C18H22N2O/c1-15-7-5-6-10-17(15)13-19-14-18(21)20-12-11-16-8-3-2-4-9-16/h2-10,19H,11-14H2,1H3,(H,20,21). The maximum atomic E-state index is 11.7. The quantitative estimate of drug-likeness (QED) is 0.819. The monoisotopic (exact) mass is 282 g/mol. The number of rotatable bonds is 7. The lowest BCUT2D eigenvalue weighted by Gasteiger charge is -2.08. The van der Waals surface area contributed by atoms with Gasteiger partial charge in [-0.3, -0.25) is 4.79 Å². The molecule has 3 heteroatoms. The summed E-state index contributed by atoms with van der Waals surface area (Å²) < 4.78 is 0. The van der Waals surface area contributed by atoms with Crippen molar-refractivity contribution in [3.05, 3.63) is 71.3 Å². The van der Waals surface area contributed by atoms with Gasteiger partial charge in [0.15, 0.2) is 0 Å². The van der Waals surface area contributed by atoms with Crippen molar-refractivity contribution in [2.24, 2.45) is 0 Å². The van der Waals surface area contributed by atoms with Crippen LogP contribution in [-0.2, 0) is 17.8 Å². The molecular weight excluding hydrogens is 260 g/mol. The van der Waals surface area contributed by atoms with Gasteiger partial charge in [-0.2, -0.15) is 0 Å². The summed E-state index contributed by atoms with van der Waals surface area (Å²) in [7, 11) is 0. The molecule has 0 atom stereocenters. The summed E-state index contributed by atoms with van der Waals surface area (Å²) in [4.78, 5) is 11.7. The van der Waals surface area contributed by atoms with Crippen LogP contribution in [0.3, 0.4) is 0 Å². The van der Waals surface area contributed by atoms with Gasteiger partial charge in [-0.1, -0.05) is 54.6 Å². The van der Waals surface area contributed by atoms with E-state index in [1.165, 1.54) is 16.7 Å². The number of amides is 1. The molecule has 0 spiro atoms. The Morgan fingerprint density at radius 1 is 1.00 bits per heavy atom. The van der Waals surface area contributed by atoms with Crippen molar-refractivity contribution in [3.8, 4) is 0 Å². The Morgan fingerprint density at radius 2 is 1.71 bits per heavy atom. The summed E-state index contributed by atoms with van der Waals surface area (Å²) in [5.41, 5.74) is 3.72. The van der Waals surface area contributed by atoms with Crippen LogP contribution in [0.2, 0.25) is 0 Å². The number of hydrogen-bond donors (Lipinski definition) is 2. The van der Waals surface area contributed by atoms with Gasteiger partial charge >= 0.3 is 0 Å². The Kier molecular flexibility index (Phi) is 5.98. The van der Waals surface area contributed by atoms with E-state index in [1.54, 1.807) is 0 Å². The van der Waals surface area contributed by atoms with Gasteiger partial charge in [-0.05, 0) is 30.0 Å². The second-order valence-corrected chi connectivity index (χ2v) is 5.12. The zero-order chi connectivity index (χ0) is 14.9. The number of benzene rings is 2. The van der Waals surface area contributed by atoms with Crippen molar-refractivity contribution in [3.63, 3.8) is 0 Å². The summed E-state index contributed by atoms with van der Waals surface area (Å²) in [6.45, 7) is 3.83. The van der Waals surface area contributed by atoms with E-state index in [1.807, 2.05) is 30.3 Å². The van der Waals surface area contributed by atoms with Crippen LogP contribution in [0.5, 0.6) is 0 Å². The molecule has 21 heavy (non-hydrogen) atoms. The lowest BCUT2D eigenvalue weighted by Crippen LogP contribution is -2.34. The predicted molar refractivity (Wildman–Crippen MR) is 86.0 cm³/mol. The molecule has 0 unspecified atom stereocenters. The average molecular weight is 282 g/mol. The van der Waals surface area contributed by atoms with Crippen LogP contribution in [0.4, 0.5) is 0 Å². The smallest absolute Gasteiger partial charge is 0.233 e. The third-order valence-corrected chi connectivity index (χ3v) is 3.44. The topological polar surface area (TPSA) is 41.1 Å². The summed E-state index contributed by atoms with van der Waals surface area (Å²) in [5, 5.41) is 6.11. The van der Waals surface area contributed by atoms with Crippen LogP contribution >= 0.6 is 0 Å². The van der Waals surface area contributed by atoms with E-state index in [9.17, 15) is 4.79 Å². The van der Waals surface area contributed by atoms with Gasteiger partial charge in [-0.25, -0.2) is 0 Å². The molecule has 0 bridgehead atoms. The van der Waals surface area contributed by atoms with Crippen molar-refractivity contribution in [2.75, 3.05) is 13.1 Å². The third-order valence-electron chi connectivity index (χ3n) is 3.44. The Labute approximate surface area is 126 Å². The first-order chi connectivity index (χ1) is 10.3. The first-order valence-electron chi connectivity index (χ1n) is 7.31. The van der Waals surface area contributed by atoms with E-state index in [0.717, 1.165) is 13.0 Å². The predicted octanol–water partition coefficient (Wildman–Crippen LogP) is 2.44. The average Bonchev–Trinajstić information content (AvgIpc) is 2.50. The Morgan fingerprint density at radius 3 is 2.48 bits per heavy atom. The van der Waals surface area contributed by atoms with E-state index in [2.05, 4.69) is 41.8 Å². The number of aryl methyl sites for hydroxylation is 1. The van der Waals surface area contributed by atoms with Gasteiger partial charge in [0.2, 0.25) is 5.91 Å². The highest BCUT2D eigenvalue weighted by atomic mass is 16.1. The highest BCUT2D eigenvalue weighted by Gasteiger charge is 2.01. The molecule has 0 aliphatic heterocycles. The summed E-state index contributed by atoms with van der Waals surface area (Å²) >= 11 is 0. The van der Waals surface area contributed by atoms with Crippen molar-refractivity contribution >= 4 is 5.91 Å². The van der Waals surface area contributed by atoms with E-state index >= 15 is 0 Å². The van der Waals surface area contributed by atoms with Gasteiger partial charge in [-0.15, -0.1) is 0 Å². The fourth-order valence-corrected chi connectivity index (χ4v) is 2.17. The van der Waals surface area contributed by atoms with Gasteiger partial charge in [0.25, 0.3) is 0 Å². The largest absolute Gasteiger partial charge is 0.355 e. The molecule has 0 aliphatic rings. The van der Waals surface area contributed by atoms with Gasteiger partial charge < -0.3 is 10.6 Å². The lowest BCUT2D eigenvalue weighted by atomic mass is 10.1. The van der Waals surface area contributed by atoms with Crippen molar-refractivity contribution in [1.29, 1.82) is 0 Å². The van der Waals surface area contributed by atoms with Crippen LogP contribution < -0.4 is 10.6 Å². The van der Waals surface area contributed by atoms with Crippen molar-refractivity contribution in [1.82, 2.24) is 10.6 Å². The molecule has 0 saturated carbocycles. The van der Waals surface area contributed by atoms with Crippen LogP contribution in [0.1, 0.15) is 16.7 Å². The SMILES string of the molecule is Cc1ccccc1CNCC(=O)NCCc1ccccc1. The maximum Gasteiger partial charge on any atom is 0.233 e. The molecule has 2 N–H and O–H groups in total. The van der Waals surface area contributed by atoms with Gasteiger partial charge in [0.1, 0.15) is 0 Å². The van der Waals surface area contributed by atoms with E-state index < -0.39 is 0 Å². The van der Waals surface area contributed by atoms with Crippen molar-refractivity contribution in [2.45, 2.75) is 19.9 Å². The van der Waals surface area contributed by atoms with E-state index in [0.29, 0.717) is 13.1 Å². The highest BCUT2D eigenvalue weighted by molar-refractivity contribution is 5.77. The second-order valence-electron chi connectivity index (χ2n) is 5.12. The fraction of sp³-hybridized carbons (Fsp3) is 0.278. The maximum absolute atomic E-state index is 11.7. The summed E-state index contributed by atoms with van der Waals surface area (Å²) in [5.74, 6) is 0.0412. The first-order valence-corrected chi connectivity index (χ1v) is 7.31. The molecule has 0 aromatic heterocycles. The minimum atomic E-state index is 0.0412. The van der Waals surface area contributed by atoms with Crippen molar-refractivity contribution < 1.29 is 4.79 Å². The zero-order valence-electron chi connectivity index (χ0n) is 12.4. The molecule has 0 saturated heterocycles. The lowest BCUT2D eigenvalue weighted by molar-refractivity contribution is -0.120. The third kappa shape index (κ3) is 5.40. The summed E-state index contributed by atoms with van der Waals surface area (Å²) in [6, 6.07) is 18.4. The number of hydrogen-bond acceptors (Lipinski definition) is 2. The Balaban J connectivity index is 1.63. The molecule has 3 nitrogen and oxygen atoms in total. The Bertz CT molecular complexity index is 566. The number of carbonyl (C=O) groups is 1. The number of nitrogens with one attached hydrogen (secondary N) is 2. The molecule has 1 amide bonds. The normalized spacial score (nSPS) is 10.3. The molecule has 0 radical (unpaired) electrons. The second kappa shape index (κ2) is 8.22. The Hall–Kier alpha value is -2.13. The van der Waals surface area contributed by atoms with Crippen LogP contribution in [0.15, 0.2) is 54.6 Å². The van der Waals surface area contributed by atoms with Crippen LogP contribution in [-0.4, -0.2) is 19.0 Å². The fourth-order valence-electron chi connectivity index (χ4n) is 2.17. The molecule has 0 aliphatic carbocycles. The molecule has 0 heterocycles. The van der Waals surface area contributed by atoms with Gasteiger partial charge in [0, 0.05) is 13.1 Å². The summed E-state index contributed by atoms with van der Waals surface area (Å²) in [6.07, 6.45) is 0.865. The minimum absolute atomic E-state index is 0.0412. The van der Waals surface area contributed by atoms with E-state index in [-0.39, 0.29) is 5.91 Å². The first kappa shape index (κ1) is 15.3. The van der Waals surface area contributed by atoms with Gasteiger partial charge in [0.05, 0.1) is 6.54 Å². The highest BCUT2D eigenvalue weighted by Crippen LogP contribution is 2.05. The molecule has 2 aromatic rings. The number of carbonyl (C=O) groups excluding carboxylic acids is 1. The molecule has 110 valence electrons. The van der Waals surface area contributed by atoms with Crippen LogP contribution in [0, 0.1) is 6.92 Å². The molecule has 0 fully saturated rings. The van der Waals surface area contributed by atoms with E-state index in [4.69, 9.17) is 0 Å². The van der Waals surface area contributed by atoms with Crippen LogP contribution in [0.25, 0.3) is 0 Å². The zero-order valence-corrected chi connectivity index (χ0v) is 12.4.